The predicted octanol–water partition coefficient (Wildman–Crippen LogP) is 0.820. The van der Waals surface area contributed by atoms with Crippen LogP contribution in [0.25, 0.3) is 0 Å². The van der Waals surface area contributed by atoms with Crippen LogP contribution in [0.3, 0.4) is 0 Å². The molecule has 3 heterocycles. The van der Waals surface area contributed by atoms with E-state index in [9.17, 15) is 9.59 Å². The van der Waals surface area contributed by atoms with E-state index in [1.54, 1.807) is 5.38 Å². The maximum atomic E-state index is 12.2. The van der Waals surface area contributed by atoms with Gasteiger partial charge in [0.25, 0.3) is 5.91 Å². The van der Waals surface area contributed by atoms with E-state index in [0.29, 0.717) is 37.4 Å². The zero-order valence-corrected chi connectivity index (χ0v) is 17.3. The van der Waals surface area contributed by atoms with E-state index in [-0.39, 0.29) is 23.9 Å². The van der Waals surface area contributed by atoms with Crippen molar-refractivity contribution in [1.82, 2.24) is 35.7 Å². The maximum Gasteiger partial charge on any atom is 0.270 e. The van der Waals surface area contributed by atoms with Gasteiger partial charge in [0.2, 0.25) is 5.91 Å². The van der Waals surface area contributed by atoms with Crippen LogP contribution in [0.1, 0.15) is 46.4 Å². The molecule has 10 heteroatoms. The summed E-state index contributed by atoms with van der Waals surface area (Å²) in [6.07, 6.45) is 2.97. The van der Waals surface area contributed by atoms with E-state index in [1.165, 1.54) is 11.3 Å². The molecule has 2 amide bonds. The number of carbonyl (C=O) groups is 2. The van der Waals surface area contributed by atoms with Crippen LogP contribution < -0.4 is 10.6 Å². The van der Waals surface area contributed by atoms with Gasteiger partial charge in [0.15, 0.2) is 5.82 Å². The molecule has 0 spiro atoms. The van der Waals surface area contributed by atoms with Crippen molar-refractivity contribution in [1.29, 1.82) is 0 Å². The third kappa shape index (κ3) is 5.35. The van der Waals surface area contributed by atoms with Crippen LogP contribution in [0.2, 0.25) is 0 Å². The number of aryl methyl sites for hydroxylation is 2. The number of carbonyl (C=O) groups excluding carboxylic acids is 2. The van der Waals surface area contributed by atoms with E-state index in [0.717, 1.165) is 23.7 Å². The third-order valence-corrected chi connectivity index (χ3v) is 5.84. The molecule has 1 saturated heterocycles. The first-order valence-corrected chi connectivity index (χ1v) is 10.4. The molecule has 0 aliphatic carbocycles. The number of rotatable bonds is 8. The summed E-state index contributed by atoms with van der Waals surface area (Å²) in [6.45, 7) is 4.82. The fraction of sp³-hybridized carbons (Fsp3) is 0.611. The van der Waals surface area contributed by atoms with Crippen molar-refractivity contribution in [3.8, 4) is 0 Å². The molecule has 2 aromatic heterocycles. The number of aromatic nitrogens is 4. The first-order chi connectivity index (χ1) is 13.4. The van der Waals surface area contributed by atoms with Crippen LogP contribution in [0.4, 0.5) is 0 Å². The van der Waals surface area contributed by atoms with Gasteiger partial charge >= 0.3 is 0 Å². The van der Waals surface area contributed by atoms with E-state index in [4.69, 9.17) is 0 Å². The van der Waals surface area contributed by atoms with Crippen molar-refractivity contribution in [3.05, 3.63) is 27.7 Å². The first kappa shape index (κ1) is 20.4. The highest BCUT2D eigenvalue weighted by atomic mass is 32.1. The molecule has 0 saturated carbocycles. The van der Waals surface area contributed by atoms with Crippen molar-refractivity contribution in [2.24, 2.45) is 0 Å². The lowest BCUT2D eigenvalue weighted by molar-refractivity contribution is -0.122. The lowest BCUT2D eigenvalue weighted by Crippen LogP contribution is -2.42. The van der Waals surface area contributed by atoms with E-state index in [1.807, 2.05) is 20.9 Å². The van der Waals surface area contributed by atoms with Gasteiger partial charge in [-0.25, -0.2) is 9.97 Å². The maximum absolute atomic E-state index is 12.2. The highest BCUT2D eigenvalue weighted by Gasteiger charge is 2.32. The molecule has 28 heavy (non-hydrogen) atoms. The second kappa shape index (κ2) is 9.24. The van der Waals surface area contributed by atoms with E-state index in [2.05, 4.69) is 35.7 Å². The third-order valence-electron chi connectivity index (χ3n) is 5.07. The number of amides is 2. The summed E-state index contributed by atoms with van der Waals surface area (Å²) in [4.78, 5) is 35.0. The standard InChI is InChI=1S/C18H27N7O2S/c1-11-21-16(24-23-11)6-7-19-17(26)8-13-4-5-14(25(13)3)9-20-18(27)15-10-28-12(2)22-15/h10,13-14H,4-9H2,1-3H3,(H,19,26)(H,20,27)(H,21,23,24)/t13-,14+/m1/s1. The average Bonchev–Trinajstić information content (AvgIpc) is 3.36. The van der Waals surface area contributed by atoms with Crippen molar-refractivity contribution in [2.75, 3.05) is 20.1 Å². The zero-order valence-electron chi connectivity index (χ0n) is 16.5. The number of aromatic amines is 1. The summed E-state index contributed by atoms with van der Waals surface area (Å²) in [7, 11) is 2.02. The summed E-state index contributed by atoms with van der Waals surface area (Å²) in [6, 6.07) is 0.423. The van der Waals surface area contributed by atoms with Crippen LogP contribution in [0.5, 0.6) is 0 Å². The van der Waals surface area contributed by atoms with Crippen molar-refractivity contribution in [3.63, 3.8) is 0 Å². The van der Waals surface area contributed by atoms with Crippen molar-refractivity contribution < 1.29 is 9.59 Å². The van der Waals surface area contributed by atoms with Gasteiger partial charge in [0.05, 0.1) is 5.01 Å². The Morgan fingerprint density at radius 2 is 2.04 bits per heavy atom. The van der Waals surface area contributed by atoms with Crippen LogP contribution in [-0.4, -0.2) is 69.1 Å². The molecule has 3 rings (SSSR count). The molecule has 0 unspecified atom stereocenters. The number of nitrogens with zero attached hydrogens (tertiary/aromatic N) is 4. The van der Waals surface area contributed by atoms with Gasteiger partial charge in [0, 0.05) is 43.4 Å². The molecule has 0 aromatic carbocycles. The van der Waals surface area contributed by atoms with E-state index < -0.39 is 0 Å². The molecule has 2 atom stereocenters. The Morgan fingerprint density at radius 1 is 1.25 bits per heavy atom. The van der Waals surface area contributed by atoms with Gasteiger partial charge in [-0.3, -0.25) is 19.6 Å². The number of likely N-dealkylation sites (N-methyl/N-ethyl adjacent to an activating group) is 1. The molecule has 0 bridgehead atoms. The van der Waals surface area contributed by atoms with Crippen LogP contribution in [-0.2, 0) is 11.2 Å². The number of hydrogen-bond donors (Lipinski definition) is 3. The smallest absolute Gasteiger partial charge is 0.270 e. The molecule has 2 aromatic rings. The Labute approximate surface area is 168 Å². The largest absolute Gasteiger partial charge is 0.356 e. The quantitative estimate of drug-likeness (QED) is 0.599. The number of likely N-dealkylation sites (tertiary alicyclic amines) is 1. The van der Waals surface area contributed by atoms with Crippen molar-refractivity contribution in [2.45, 2.75) is 51.6 Å². The highest BCUT2D eigenvalue weighted by molar-refractivity contribution is 7.09. The normalized spacial score (nSPS) is 19.7. The van der Waals surface area contributed by atoms with Gasteiger partial charge < -0.3 is 10.6 Å². The lowest BCUT2D eigenvalue weighted by atomic mass is 10.1. The average molecular weight is 406 g/mol. The summed E-state index contributed by atoms with van der Waals surface area (Å²) in [5.41, 5.74) is 0.473. The summed E-state index contributed by atoms with van der Waals surface area (Å²) >= 11 is 1.47. The van der Waals surface area contributed by atoms with Gasteiger partial charge in [-0.1, -0.05) is 0 Å². The first-order valence-electron chi connectivity index (χ1n) is 9.49. The van der Waals surface area contributed by atoms with Crippen LogP contribution >= 0.6 is 11.3 Å². The lowest BCUT2D eigenvalue weighted by Gasteiger charge is -2.25. The Bertz CT molecular complexity index is 818. The number of H-pyrrole nitrogens is 1. The minimum Gasteiger partial charge on any atom is -0.356 e. The monoisotopic (exact) mass is 405 g/mol. The van der Waals surface area contributed by atoms with Gasteiger partial charge in [-0.05, 0) is 33.7 Å². The second-order valence-corrected chi connectivity index (χ2v) is 8.22. The number of nitrogens with one attached hydrogen (secondary N) is 3. The molecular weight excluding hydrogens is 378 g/mol. The fourth-order valence-electron chi connectivity index (χ4n) is 3.45. The fourth-order valence-corrected chi connectivity index (χ4v) is 4.04. The Balaban J connectivity index is 1.37. The van der Waals surface area contributed by atoms with Crippen LogP contribution in [0, 0.1) is 13.8 Å². The summed E-state index contributed by atoms with van der Waals surface area (Å²) in [5.74, 6) is 1.38. The minimum atomic E-state index is -0.138. The molecular formula is C18H27N7O2S. The predicted molar refractivity (Wildman–Crippen MR) is 106 cm³/mol. The Kier molecular flexibility index (Phi) is 6.74. The molecule has 9 nitrogen and oxygen atoms in total. The summed E-state index contributed by atoms with van der Waals surface area (Å²) in [5, 5.41) is 15.4. The minimum absolute atomic E-state index is 0.0340. The molecule has 152 valence electrons. The molecule has 1 aliphatic heterocycles. The highest BCUT2D eigenvalue weighted by Crippen LogP contribution is 2.24. The van der Waals surface area contributed by atoms with Crippen molar-refractivity contribution >= 4 is 23.2 Å². The molecule has 0 radical (unpaired) electrons. The Morgan fingerprint density at radius 3 is 2.71 bits per heavy atom. The SMILES string of the molecule is Cc1nc(CCNC(=O)C[C@H]2CC[C@@H](CNC(=O)c3csc(C)n3)N2C)n[nH]1. The molecule has 1 fully saturated rings. The molecule has 3 N–H and O–H groups in total. The van der Waals surface area contributed by atoms with Gasteiger partial charge in [-0.15, -0.1) is 11.3 Å². The molecule has 1 aliphatic rings. The topological polar surface area (TPSA) is 116 Å². The number of thiazole rings is 1. The van der Waals surface area contributed by atoms with Crippen LogP contribution in [0.15, 0.2) is 5.38 Å². The van der Waals surface area contributed by atoms with E-state index >= 15 is 0 Å². The second-order valence-electron chi connectivity index (χ2n) is 7.15. The van der Waals surface area contributed by atoms with Gasteiger partial charge in [-0.2, -0.15) is 5.10 Å². The Hall–Kier alpha value is -2.33. The summed E-state index contributed by atoms with van der Waals surface area (Å²) < 4.78 is 0. The van der Waals surface area contributed by atoms with Gasteiger partial charge in [0.1, 0.15) is 11.5 Å². The zero-order chi connectivity index (χ0) is 20.1. The number of hydrogen-bond acceptors (Lipinski definition) is 7.